The first kappa shape index (κ1) is 19.9. The molecule has 2 aromatic rings. The van der Waals surface area contributed by atoms with E-state index in [1.807, 2.05) is 32.6 Å². The molecule has 0 spiro atoms. The second-order valence-electron chi connectivity index (χ2n) is 6.37. The Morgan fingerprint density at radius 1 is 1.19 bits per heavy atom. The molecule has 8 nitrogen and oxygen atoms in total. The third kappa shape index (κ3) is 4.60. The lowest BCUT2D eigenvalue weighted by atomic mass is 10.2. The smallest absolute Gasteiger partial charge is 0.277 e. The van der Waals surface area contributed by atoms with Gasteiger partial charge in [0.2, 0.25) is 11.8 Å². The molecule has 1 amide bonds. The predicted molar refractivity (Wildman–Crippen MR) is 98.8 cm³/mol. The number of rotatable bonds is 7. The van der Waals surface area contributed by atoms with Crippen molar-refractivity contribution in [1.29, 1.82) is 0 Å². The maximum atomic E-state index is 12.7. The van der Waals surface area contributed by atoms with Crippen molar-refractivity contribution in [3.63, 3.8) is 0 Å². The average Bonchev–Trinajstić information content (AvgIpc) is 3.02. The molecule has 0 aliphatic rings. The molecule has 0 aliphatic carbocycles. The molecule has 0 saturated heterocycles. The summed E-state index contributed by atoms with van der Waals surface area (Å²) in [6.45, 7) is 9.69. The van der Waals surface area contributed by atoms with Crippen molar-refractivity contribution in [3.8, 4) is 11.5 Å². The first-order chi connectivity index (χ1) is 12.2. The van der Waals surface area contributed by atoms with Crippen LogP contribution in [0, 0.1) is 10.1 Å². The van der Waals surface area contributed by atoms with Gasteiger partial charge in [-0.2, -0.15) is 0 Å². The second kappa shape index (κ2) is 8.31. The Morgan fingerprint density at radius 2 is 1.85 bits per heavy atom. The van der Waals surface area contributed by atoms with Crippen LogP contribution in [0.15, 0.2) is 33.9 Å². The zero-order valence-electron chi connectivity index (χ0n) is 15.4. The van der Waals surface area contributed by atoms with Crippen LogP contribution in [0.5, 0.6) is 0 Å². The van der Waals surface area contributed by atoms with Crippen LogP contribution in [0.4, 0.5) is 5.69 Å². The number of carbonyl (C=O) groups excluding carboxylic acids is 1. The molecule has 0 bridgehead atoms. The number of nitrogens with zero attached hydrogens (tertiary/aromatic N) is 4. The molecule has 0 unspecified atom stereocenters. The van der Waals surface area contributed by atoms with E-state index in [0.717, 1.165) is 0 Å². The highest BCUT2D eigenvalue weighted by atomic mass is 32.2. The summed E-state index contributed by atoms with van der Waals surface area (Å²) < 4.78 is 5.57. The lowest BCUT2D eigenvalue weighted by Crippen LogP contribution is -2.45. The van der Waals surface area contributed by atoms with Crippen LogP contribution < -0.4 is 0 Å². The Morgan fingerprint density at radius 3 is 2.42 bits per heavy atom. The zero-order valence-corrected chi connectivity index (χ0v) is 16.2. The highest BCUT2D eigenvalue weighted by Crippen LogP contribution is 2.29. The van der Waals surface area contributed by atoms with Crippen LogP contribution in [0.1, 0.15) is 34.6 Å². The minimum Gasteiger partial charge on any atom is -0.411 e. The molecule has 0 radical (unpaired) electrons. The molecule has 0 N–H and O–H groups in total. The average molecular weight is 378 g/mol. The molecule has 1 heterocycles. The van der Waals surface area contributed by atoms with Gasteiger partial charge in [-0.25, -0.2) is 0 Å². The molecule has 26 heavy (non-hydrogen) atoms. The molecule has 1 aromatic heterocycles. The summed E-state index contributed by atoms with van der Waals surface area (Å²) >= 11 is 1.18. The number of carbonyl (C=O) groups is 1. The van der Waals surface area contributed by atoms with Gasteiger partial charge in [-0.05, 0) is 40.7 Å². The van der Waals surface area contributed by atoms with Crippen LogP contribution in [0.3, 0.4) is 0 Å². The molecule has 1 atom stereocenters. The van der Waals surface area contributed by atoms with Crippen molar-refractivity contribution >= 4 is 23.4 Å². The molecular formula is C17H22N4O4S. The minimum absolute atomic E-state index is 0.00454. The predicted octanol–water partition coefficient (Wildman–Crippen LogP) is 3.77. The minimum atomic E-state index is -0.483. The molecule has 2 rings (SSSR count). The van der Waals surface area contributed by atoms with E-state index < -0.39 is 10.2 Å². The number of hydrogen-bond acceptors (Lipinski definition) is 7. The highest BCUT2D eigenvalue weighted by molar-refractivity contribution is 8.00. The van der Waals surface area contributed by atoms with Gasteiger partial charge in [0.1, 0.15) is 0 Å². The number of aromatic nitrogens is 2. The van der Waals surface area contributed by atoms with Gasteiger partial charge in [-0.3, -0.25) is 14.9 Å². The molecule has 1 aromatic carbocycles. The number of amides is 1. The van der Waals surface area contributed by atoms with Gasteiger partial charge in [0, 0.05) is 29.8 Å². The Kier molecular flexibility index (Phi) is 6.36. The van der Waals surface area contributed by atoms with Crippen LogP contribution in [-0.4, -0.2) is 43.3 Å². The van der Waals surface area contributed by atoms with Gasteiger partial charge in [0.15, 0.2) is 0 Å². The number of thioether (sulfide) groups is 1. The van der Waals surface area contributed by atoms with E-state index in [2.05, 4.69) is 10.2 Å². The second-order valence-corrected chi connectivity index (χ2v) is 7.67. The molecule has 0 aliphatic heterocycles. The fraction of sp³-hybridized carbons (Fsp3) is 0.471. The third-order valence-electron chi connectivity index (χ3n) is 3.70. The monoisotopic (exact) mass is 378 g/mol. The SMILES string of the molecule is CC(C)N(C(=O)[C@@H](C)Sc1nnc(-c2cccc([N+](=O)[O-])c2)o1)C(C)C. The van der Waals surface area contributed by atoms with Gasteiger partial charge in [0.25, 0.3) is 10.9 Å². The van der Waals surface area contributed by atoms with Crippen LogP contribution in [-0.2, 0) is 4.79 Å². The summed E-state index contributed by atoms with van der Waals surface area (Å²) in [5.41, 5.74) is 0.409. The zero-order chi connectivity index (χ0) is 19.4. The van der Waals surface area contributed by atoms with Crippen LogP contribution in [0.25, 0.3) is 11.5 Å². The maximum absolute atomic E-state index is 12.7. The summed E-state index contributed by atoms with van der Waals surface area (Å²) in [5, 5.41) is 18.6. The van der Waals surface area contributed by atoms with Gasteiger partial charge in [-0.1, -0.05) is 17.8 Å². The molecule has 0 fully saturated rings. The Balaban J connectivity index is 2.14. The fourth-order valence-electron chi connectivity index (χ4n) is 2.64. The Hall–Kier alpha value is -2.42. The first-order valence-corrected chi connectivity index (χ1v) is 9.15. The van der Waals surface area contributed by atoms with Gasteiger partial charge < -0.3 is 9.32 Å². The van der Waals surface area contributed by atoms with E-state index in [1.54, 1.807) is 19.1 Å². The summed E-state index contributed by atoms with van der Waals surface area (Å²) in [6, 6.07) is 6.16. The van der Waals surface area contributed by atoms with Crippen molar-refractivity contribution in [1.82, 2.24) is 15.1 Å². The Labute approximate surface area is 156 Å². The van der Waals surface area contributed by atoms with E-state index >= 15 is 0 Å². The van der Waals surface area contributed by atoms with Gasteiger partial charge >= 0.3 is 0 Å². The van der Waals surface area contributed by atoms with Crippen molar-refractivity contribution in [2.24, 2.45) is 0 Å². The quantitative estimate of drug-likeness (QED) is 0.410. The lowest BCUT2D eigenvalue weighted by Gasteiger charge is -2.32. The summed E-state index contributed by atoms with van der Waals surface area (Å²) in [5.74, 6) is 0.176. The summed E-state index contributed by atoms with van der Waals surface area (Å²) in [6.07, 6.45) is 0. The van der Waals surface area contributed by atoms with E-state index in [4.69, 9.17) is 4.42 Å². The number of nitro benzene ring substituents is 1. The number of hydrogen-bond donors (Lipinski definition) is 0. The van der Waals surface area contributed by atoms with E-state index in [0.29, 0.717) is 5.56 Å². The van der Waals surface area contributed by atoms with Crippen LogP contribution in [0.2, 0.25) is 0 Å². The standard InChI is InChI=1S/C17H22N4O4S/c1-10(2)20(11(3)4)16(22)12(5)26-17-19-18-15(25-17)13-7-6-8-14(9-13)21(23)24/h6-12H,1-5H3/t12-/m1/s1. The van der Waals surface area contributed by atoms with Crippen molar-refractivity contribution in [2.75, 3.05) is 0 Å². The Bertz CT molecular complexity index is 783. The van der Waals surface area contributed by atoms with Gasteiger partial charge in [-0.15, -0.1) is 10.2 Å². The van der Waals surface area contributed by atoms with E-state index in [-0.39, 0.29) is 34.8 Å². The molecule has 9 heteroatoms. The fourth-order valence-corrected chi connectivity index (χ4v) is 3.38. The largest absolute Gasteiger partial charge is 0.411 e. The summed E-state index contributed by atoms with van der Waals surface area (Å²) in [4.78, 5) is 24.9. The molecule has 140 valence electrons. The molecule has 0 saturated carbocycles. The topological polar surface area (TPSA) is 102 Å². The maximum Gasteiger partial charge on any atom is 0.277 e. The van der Waals surface area contributed by atoms with E-state index in [1.165, 1.54) is 23.9 Å². The first-order valence-electron chi connectivity index (χ1n) is 8.27. The number of benzene rings is 1. The van der Waals surface area contributed by atoms with Gasteiger partial charge in [0.05, 0.1) is 10.2 Å². The lowest BCUT2D eigenvalue weighted by molar-refractivity contribution is -0.384. The van der Waals surface area contributed by atoms with E-state index in [9.17, 15) is 14.9 Å². The summed E-state index contributed by atoms with van der Waals surface area (Å²) in [7, 11) is 0. The number of non-ortho nitro benzene ring substituents is 1. The van der Waals surface area contributed by atoms with Crippen molar-refractivity contribution in [3.05, 3.63) is 34.4 Å². The highest BCUT2D eigenvalue weighted by Gasteiger charge is 2.27. The van der Waals surface area contributed by atoms with Crippen LogP contribution >= 0.6 is 11.8 Å². The normalized spacial score (nSPS) is 12.4. The molecular weight excluding hydrogens is 356 g/mol. The van der Waals surface area contributed by atoms with Crippen molar-refractivity contribution in [2.45, 2.75) is 57.2 Å². The number of nitro groups is 1. The third-order valence-corrected chi connectivity index (χ3v) is 4.62. The van der Waals surface area contributed by atoms with Crippen molar-refractivity contribution < 1.29 is 14.1 Å².